The molecule has 1 aromatic carbocycles. The maximum absolute atomic E-state index is 11.3. The summed E-state index contributed by atoms with van der Waals surface area (Å²) in [6, 6.07) is 7.76. The summed E-state index contributed by atoms with van der Waals surface area (Å²) in [5.41, 5.74) is 7.13. The summed E-state index contributed by atoms with van der Waals surface area (Å²) in [5.74, 6) is -0.272. The fourth-order valence-corrected chi connectivity index (χ4v) is 1.93. The fraction of sp³-hybridized carbons (Fsp3) is 0. The van der Waals surface area contributed by atoms with E-state index >= 15 is 0 Å². The molecule has 6 nitrogen and oxygen atoms in total. The first kappa shape index (κ1) is 11.2. The minimum Gasteiger partial charge on any atom is -0.364 e. The first-order valence-corrected chi connectivity index (χ1v) is 5.69. The number of H-pyrrole nitrogens is 1. The van der Waals surface area contributed by atoms with E-state index in [2.05, 4.69) is 20.3 Å². The van der Waals surface area contributed by atoms with Gasteiger partial charge in [0.05, 0.1) is 11.2 Å². The number of para-hydroxylation sites is 1. The van der Waals surface area contributed by atoms with E-state index < -0.39 is 5.91 Å². The number of hydrogen-bond donors (Lipinski definition) is 3. The minimum absolute atomic E-state index is 0.117. The zero-order chi connectivity index (χ0) is 13.2. The lowest BCUT2D eigenvalue weighted by molar-refractivity contribution is 0.0996. The van der Waals surface area contributed by atoms with Crippen LogP contribution in [0.3, 0.4) is 0 Å². The SMILES string of the molecule is NC(=O)c1nccnc1Nc1cccc2cc[nH]c12. The van der Waals surface area contributed by atoms with Crippen LogP contribution in [0.4, 0.5) is 11.5 Å². The third-order valence-electron chi connectivity index (χ3n) is 2.77. The molecule has 0 saturated carbocycles. The number of fused-ring (bicyclic) bond motifs is 1. The molecule has 3 rings (SSSR count). The van der Waals surface area contributed by atoms with Gasteiger partial charge in [-0.2, -0.15) is 0 Å². The van der Waals surface area contributed by atoms with E-state index in [0.717, 1.165) is 16.6 Å². The van der Waals surface area contributed by atoms with Crippen molar-refractivity contribution >= 4 is 28.3 Å². The van der Waals surface area contributed by atoms with Gasteiger partial charge in [-0.05, 0) is 12.1 Å². The van der Waals surface area contributed by atoms with Crippen molar-refractivity contribution in [3.63, 3.8) is 0 Å². The number of carbonyl (C=O) groups excluding carboxylic acids is 1. The Bertz CT molecular complexity index is 749. The van der Waals surface area contributed by atoms with E-state index in [-0.39, 0.29) is 5.69 Å². The largest absolute Gasteiger partial charge is 0.364 e. The van der Waals surface area contributed by atoms with E-state index in [0.29, 0.717) is 5.82 Å². The van der Waals surface area contributed by atoms with E-state index in [1.807, 2.05) is 30.5 Å². The third-order valence-corrected chi connectivity index (χ3v) is 2.77. The van der Waals surface area contributed by atoms with Crippen LogP contribution >= 0.6 is 0 Å². The average Bonchev–Trinajstić information content (AvgIpc) is 2.88. The van der Waals surface area contributed by atoms with Crippen molar-refractivity contribution < 1.29 is 4.79 Å². The molecule has 2 heterocycles. The maximum atomic E-state index is 11.3. The minimum atomic E-state index is -0.616. The number of benzene rings is 1. The number of anilines is 2. The number of amides is 1. The Morgan fingerprint density at radius 1 is 1.21 bits per heavy atom. The molecule has 0 bridgehead atoms. The normalized spacial score (nSPS) is 10.5. The Labute approximate surface area is 108 Å². The number of rotatable bonds is 3. The summed E-state index contributed by atoms with van der Waals surface area (Å²) in [5, 5.41) is 4.14. The molecule has 0 saturated heterocycles. The van der Waals surface area contributed by atoms with Crippen molar-refractivity contribution in [3.05, 3.63) is 48.5 Å². The summed E-state index contributed by atoms with van der Waals surface area (Å²) in [4.78, 5) is 22.5. The van der Waals surface area contributed by atoms with Crippen LogP contribution in [0, 0.1) is 0 Å². The Morgan fingerprint density at radius 3 is 2.89 bits per heavy atom. The topological polar surface area (TPSA) is 96.7 Å². The molecule has 0 aliphatic heterocycles. The molecular weight excluding hydrogens is 242 g/mol. The standard InChI is InChI=1S/C13H11N5O/c14-12(19)11-13(17-7-6-16-11)18-9-3-1-2-8-4-5-15-10(8)9/h1-7,15H,(H2,14,19)(H,17,18). The number of primary amides is 1. The van der Waals surface area contributed by atoms with Crippen molar-refractivity contribution in [2.24, 2.45) is 5.73 Å². The van der Waals surface area contributed by atoms with Crippen LogP contribution in [-0.4, -0.2) is 20.9 Å². The number of aromatic nitrogens is 3. The first-order chi connectivity index (χ1) is 9.25. The Balaban J connectivity index is 2.06. The van der Waals surface area contributed by atoms with Crippen molar-refractivity contribution in [1.29, 1.82) is 0 Å². The molecule has 0 fully saturated rings. The number of aromatic amines is 1. The number of carbonyl (C=O) groups is 1. The number of nitrogens with zero attached hydrogens (tertiary/aromatic N) is 2. The Hall–Kier alpha value is -2.89. The monoisotopic (exact) mass is 253 g/mol. The summed E-state index contributed by atoms with van der Waals surface area (Å²) < 4.78 is 0. The van der Waals surface area contributed by atoms with Gasteiger partial charge < -0.3 is 16.0 Å². The molecule has 0 spiro atoms. The van der Waals surface area contributed by atoms with Gasteiger partial charge in [0, 0.05) is 24.0 Å². The summed E-state index contributed by atoms with van der Waals surface area (Å²) in [7, 11) is 0. The van der Waals surface area contributed by atoms with Crippen LogP contribution in [-0.2, 0) is 0 Å². The van der Waals surface area contributed by atoms with E-state index in [9.17, 15) is 4.79 Å². The molecule has 0 aliphatic carbocycles. The Kier molecular flexibility index (Phi) is 2.60. The molecule has 2 aromatic heterocycles. The molecule has 0 atom stereocenters. The van der Waals surface area contributed by atoms with Gasteiger partial charge in [-0.1, -0.05) is 12.1 Å². The summed E-state index contributed by atoms with van der Waals surface area (Å²) in [6.07, 6.45) is 4.78. The van der Waals surface area contributed by atoms with Crippen LogP contribution in [0.1, 0.15) is 10.5 Å². The van der Waals surface area contributed by atoms with Gasteiger partial charge in [0.1, 0.15) is 0 Å². The summed E-state index contributed by atoms with van der Waals surface area (Å²) >= 11 is 0. The highest BCUT2D eigenvalue weighted by atomic mass is 16.1. The second-order valence-corrected chi connectivity index (χ2v) is 3.99. The second kappa shape index (κ2) is 4.41. The smallest absolute Gasteiger partial charge is 0.271 e. The van der Waals surface area contributed by atoms with E-state index in [1.165, 1.54) is 12.4 Å². The van der Waals surface area contributed by atoms with Gasteiger partial charge in [0.25, 0.3) is 5.91 Å². The average molecular weight is 253 g/mol. The van der Waals surface area contributed by atoms with Gasteiger partial charge in [0.2, 0.25) is 0 Å². The van der Waals surface area contributed by atoms with Gasteiger partial charge in [0.15, 0.2) is 11.5 Å². The molecule has 6 heteroatoms. The Morgan fingerprint density at radius 2 is 2.05 bits per heavy atom. The molecule has 0 unspecified atom stereocenters. The third kappa shape index (κ3) is 1.99. The highest BCUT2D eigenvalue weighted by Gasteiger charge is 2.12. The predicted octanol–water partition coefficient (Wildman–Crippen LogP) is 1.80. The second-order valence-electron chi connectivity index (χ2n) is 3.99. The molecule has 19 heavy (non-hydrogen) atoms. The van der Waals surface area contributed by atoms with Gasteiger partial charge >= 0.3 is 0 Å². The lowest BCUT2D eigenvalue weighted by atomic mass is 10.2. The molecular formula is C13H11N5O. The van der Waals surface area contributed by atoms with Gasteiger partial charge in [-0.15, -0.1) is 0 Å². The molecule has 1 amide bonds. The van der Waals surface area contributed by atoms with E-state index in [1.54, 1.807) is 0 Å². The zero-order valence-corrected chi connectivity index (χ0v) is 9.92. The maximum Gasteiger partial charge on any atom is 0.271 e. The lowest BCUT2D eigenvalue weighted by Crippen LogP contribution is -2.16. The number of hydrogen-bond acceptors (Lipinski definition) is 4. The van der Waals surface area contributed by atoms with E-state index in [4.69, 9.17) is 5.73 Å². The van der Waals surface area contributed by atoms with Crippen LogP contribution in [0.5, 0.6) is 0 Å². The molecule has 3 aromatic rings. The number of nitrogens with one attached hydrogen (secondary N) is 2. The molecule has 94 valence electrons. The van der Waals surface area contributed by atoms with Crippen LogP contribution in [0.25, 0.3) is 10.9 Å². The quantitative estimate of drug-likeness (QED) is 0.663. The predicted molar refractivity (Wildman–Crippen MR) is 72.1 cm³/mol. The molecule has 0 aliphatic rings. The highest BCUT2D eigenvalue weighted by molar-refractivity contribution is 5.98. The van der Waals surface area contributed by atoms with Crippen LogP contribution in [0.15, 0.2) is 42.9 Å². The number of nitrogens with two attached hydrogens (primary N) is 1. The molecule has 0 radical (unpaired) electrons. The summed E-state index contributed by atoms with van der Waals surface area (Å²) in [6.45, 7) is 0. The van der Waals surface area contributed by atoms with Crippen molar-refractivity contribution in [2.45, 2.75) is 0 Å². The van der Waals surface area contributed by atoms with Crippen molar-refractivity contribution in [2.75, 3.05) is 5.32 Å². The first-order valence-electron chi connectivity index (χ1n) is 5.69. The van der Waals surface area contributed by atoms with Crippen LogP contribution < -0.4 is 11.1 Å². The van der Waals surface area contributed by atoms with Crippen LogP contribution in [0.2, 0.25) is 0 Å². The van der Waals surface area contributed by atoms with Crippen molar-refractivity contribution in [1.82, 2.24) is 15.0 Å². The zero-order valence-electron chi connectivity index (χ0n) is 9.92. The van der Waals surface area contributed by atoms with Crippen molar-refractivity contribution in [3.8, 4) is 0 Å². The van der Waals surface area contributed by atoms with Gasteiger partial charge in [-0.25, -0.2) is 9.97 Å². The molecule has 4 N–H and O–H groups in total. The lowest BCUT2D eigenvalue weighted by Gasteiger charge is -2.08. The fourth-order valence-electron chi connectivity index (χ4n) is 1.93. The highest BCUT2D eigenvalue weighted by Crippen LogP contribution is 2.25. The van der Waals surface area contributed by atoms with Gasteiger partial charge in [-0.3, -0.25) is 4.79 Å².